The molecule has 1 saturated heterocycles. The number of alkyl halides is 1. The molecule has 4 atom stereocenters. The predicted molar refractivity (Wildman–Crippen MR) is 141 cm³/mol. The minimum Gasteiger partial charge on any atom is -0.378 e. The molecule has 2 aromatic carbocycles. The van der Waals surface area contributed by atoms with Crippen molar-refractivity contribution >= 4 is 11.3 Å². The third-order valence-electron chi connectivity index (χ3n) is 9.69. The number of halogens is 1. The highest BCUT2D eigenvalue weighted by Gasteiger charge is 2.63. The van der Waals surface area contributed by atoms with Crippen LogP contribution in [0, 0.1) is 5.92 Å². The number of hydrogen-bond donors (Lipinski definition) is 1. The molecule has 4 aliphatic carbocycles. The summed E-state index contributed by atoms with van der Waals surface area (Å²) >= 11 is 0. The molecule has 0 spiro atoms. The van der Waals surface area contributed by atoms with Crippen molar-refractivity contribution in [3.8, 4) is 0 Å². The highest BCUT2D eigenvalue weighted by Crippen LogP contribution is 2.65. The van der Waals surface area contributed by atoms with Gasteiger partial charge in [-0.2, -0.15) is 0 Å². The van der Waals surface area contributed by atoms with E-state index in [2.05, 4.69) is 77.5 Å². The molecule has 3 saturated carbocycles. The molecule has 0 aromatic heterocycles. The second-order valence-electron chi connectivity index (χ2n) is 12.1. The van der Waals surface area contributed by atoms with Crippen LogP contribution >= 0.6 is 0 Å². The maximum absolute atomic E-state index is 14.7. The van der Waals surface area contributed by atoms with Crippen LogP contribution in [0.2, 0.25) is 0 Å². The first kappa shape index (κ1) is 22.1. The molecule has 6 aliphatic rings. The van der Waals surface area contributed by atoms with E-state index in [4.69, 9.17) is 0 Å². The zero-order valence-electron chi connectivity index (χ0n) is 21.1. The van der Waals surface area contributed by atoms with Crippen molar-refractivity contribution in [3.63, 3.8) is 0 Å². The van der Waals surface area contributed by atoms with Crippen molar-refractivity contribution in [1.82, 2.24) is 9.80 Å². The Kier molecular flexibility index (Phi) is 5.15. The zero-order valence-corrected chi connectivity index (χ0v) is 21.1. The number of fused-ring (bicyclic) bond motifs is 2. The molecule has 1 N–H and O–H groups in total. The molecule has 4 heteroatoms. The van der Waals surface area contributed by atoms with Crippen LogP contribution < -0.4 is 5.32 Å². The van der Waals surface area contributed by atoms with Gasteiger partial charge < -0.3 is 5.32 Å². The number of rotatable bonds is 6. The van der Waals surface area contributed by atoms with Gasteiger partial charge in [-0.3, -0.25) is 9.80 Å². The molecule has 2 aromatic rings. The molecule has 2 heterocycles. The Bertz CT molecular complexity index is 1140. The van der Waals surface area contributed by atoms with Crippen LogP contribution in [0.15, 0.2) is 54.1 Å². The molecular weight excluding hydrogens is 433 g/mol. The molecular formula is C31H38FN3. The fourth-order valence-electron chi connectivity index (χ4n) is 8.08. The van der Waals surface area contributed by atoms with Gasteiger partial charge in [-0.1, -0.05) is 43.3 Å². The van der Waals surface area contributed by atoms with Gasteiger partial charge in [-0.25, -0.2) is 4.39 Å². The first-order chi connectivity index (χ1) is 17.0. The summed E-state index contributed by atoms with van der Waals surface area (Å²) < 4.78 is 14.7. The number of hydrogen-bond acceptors (Lipinski definition) is 3. The van der Waals surface area contributed by atoms with E-state index in [1.165, 1.54) is 42.4 Å². The van der Waals surface area contributed by atoms with Crippen LogP contribution in [0.4, 0.5) is 10.1 Å². The fraction of sp³-hybridized carbons (Fsp3) is 0.548. The van der Waals surface area contributed by atoms with Crippen LogP contribution in [0.5, 0.6) is 0 Å². The van der Waals surface area contributed by atoms with Crippen LogP contribution in [-0.2, 0) is 6.42 Å². The van der Waals surface area contributed by atoms with Gasteiger partial charge in [-0.15, -0.1) is 0 Å². The van der Waals surface area contributed by atoms with Gasteiger partial charge >= 0.3 is 0 Å². The largest absolute Gasteiger partial charge is 0.378 e. The summed E-state index contributed by atoms with van der Waals surface area (Å²) in [6.45, 7) is 6.95. The molecule has 3 nitrogen and oxygen atoms in total. The first-order valence-electron chi connectivity index (χ1n) is 13.9. The average molecular weight is 472 g/mol. The molecule has 2 bridgehead atoms. The fourth-order valence-corrected chi connectivity index (χ4v) is 8.08. The summed E-state index contributed by atoms with van der Waals surface area (Å²) in [5.74, 6) is 0.970. The Morgan fingerprint density at radius 2 is 1.80 bits per heavy atom. The lowest BCUT2D eigenvalue weighted by atomic mass is 9.48. The minimum atomic E-state index is -0.801. The summed E-state index contributed by atoms with van der Waals surface area (Å²) in [6.07, 6.45) is 6.68. The van der Waals surface area contributed by atoms with Gasteiger partial charge in [0, 0.05) is 30.4 Å². The molecule has 35 heavy (non-hydrogen) atoms. The Morgan fingerprint density at radius 1 is 1.03 bits per heavy atom. The van der Waals surface area contributed by atoms with Gasteiger partial charge in [0.05, 0.1) is 12.1 Å². The van der Waals surface area contributed by atoms with Crippen LogP contribution in [0.1, 0.15) is 68.7 Å². The van der Waals surface area contributed by atoms with Crippen LogP contribution in [0.25, 0.3) is 5.57 Å². The van der Waals surface area contributed by atoms with Crippen molar-refractivity contribution < 1.29 is 4.39 Å². The predicted octanol–water partition coefficient (Wildman–Crippen LogP) is 6.23. The number of nitrogens with one attached hydrogen (secondary N) is 1. The molecule has 4 fully saturated rings. The van der Waals surface area contributed by atoms with Gasteiger partial charge in [0.25, 0.3) is 0 Å². The number of anilines is 1. The Hall–Kier alpha value is -2.17. The topological polar surface area (TPSA) is 18.5 Å². The van der Waals surface area contributed by atoms with Gasteiger partial charge in [0.15, 0.2) is 0 Å². The molecule has 0 unspecified atom stereocenters. The Labute approximate surface area is 209 Å². The third kappa shape index (κ3) is 3.43. The SMILES string of the molecule is CCCN1C[C@H](F)[C@H](Nc2ccc([C@@H]3C4=C(C[C@@H](C)N3C35CC(C3)C5)c3ccccc3C4)cc2)C1. The Morgan fingerprint density at radius 3 is 2.51 bits per heavy atom. The van der Waals surface area contributed by atoms with E-state index in [9.17, 15) is 4.39 Å². The lowest BCUT2D eigenvalue weighted by Gasteiger charge is -2.70. The molecule has 0 radical (unpaired) electrons. The third-order valence-corrected chi connectivity index (χ3v) is 9.69. The van der Waals surface area contributed by atoms with E-state index in [1.54, 1.807) is 11.1 Å². The highest BCUT2D eigenvalue weighted by molar-refractivity contribution is 5.79. The quantitative estimate of drug-likeness (QED) is 0.539. The van der Waals surface area contributed by atoms with E-state index in [1.807, 2.05) is 0 Å². The van der Waals surface area contributed by atoms with Crippen molar-refractivity contribution in [1.29, 1.82) is 0 Å². The maximum Gasteiger partial charge on any atom is 0.134 e. The molecule has 2 aliphatic heterocycles. The summed E-state index contributed by atoms with van der Waals surface area (Å²) in [5, 5.41) is 3.51. The van der Waals surface area contributed by atoms with Gasteiger partial charge in [0.2, 0.25) is 0 Å². The lowest BCUT2D eigenvalue weighted by molar-refractivity contribution is -0.173. The average Bonchev–Trinajstić information content (AvgIpc) is 3.33. The van der Waals surface area contributed by atoms with E-state index >= 15 is 0 Å². The van der Waals surface area contributed by atoms with E-state index in [0.717, 1.165) is 37.5 Å². The lowest BCUT2D eigenvalue weighted by Crippen LogP contribution is -2.71. The molecule has 8 rings (SSSR count). The summed E-state index contributed by atoms with van der Waals surface area (Å²) in [5.41, 5.74) is 9.09. The number of nitrogens with zero attached hydrogens (tertiary/aromatic N) is 2. The molecule has 184 valence electrons. The summed E-state index contributed by atoms with van der Waals surface area (Å²) in [4.78, 5) is 5.16. The Balaban J connectivity index is 1.19. The second-order valence-corrected chi connectivity index (χ2v) is 12.1. The van der Waals surface area contributed by atoms with Crippen molar-refractivity contribution in [2.24, 2.45) is 5.92 Å². The monoisotopic (exact) mass is 471 g/mol. The number of likely N-dealkylation sites (tertiary alicyclic amines) is 1. The van der Waals surface area contributed by atoms with Crippen molar-refractivity contribution in [2.75, 3.05) is 25.0 Å². The highest BCUT2D eigenvalue weighted by atomic mass is 19.1. The summed E-state index contributed by atoms with van der Waals surface area (Å²) in [7, 11) is 0. The standard InChI is InChI=1S/C31H38FN3/c1-3-12-34-18-28(32)29(19-34)33-24-10-8-22(9-11-24)30-27-14-23-6-4-5-7-25(23)26(27)13-20(2)35(30)31-15-21(16-31)17-31/h4-11,20-21,28-30,33H,3,12-19H2,1-2H3/t20-,21?,28+,29-,30-,31?/m1/s1. The zero-order chi connectivity index (χ0) is 23.7. The maximum atomic E-state index is 14.7. The van der Waals surface area contributed by atoms with Crippen molar-refractivity contribution in [3.05, 3.63) is 70.8 Å². The summed E-state index contributed by atoms with van der Waals surface area (Å²) in [6, 6.07) is 18.9. The van der Waals surface area contributed by atoms with Crippen LogP contribution in [0.3, 0.4) is 0 Å². The first-order valence-corrected chi connectivity index (χ1v) is 13.9. The normalized spacial score (nSPS) is 35.9. The second kappa shape index (κ2) is 8.18. The van der Waals surface area contributed by atoms with E-state index in [0.29, 0.717) is 24.2 Å². The minimum absolute atomic E-state index is 0.113. The van der Waals surface area contributed by atoms with Crippen LogP contribution in [-0.4, -0.2) is 53.2 Å². The smallest absolute Gasteiger partial charge is 0.134 e. The van der Waals surface area contributed by atoms with Gasteiger partial charge in [-0.05, 0) is 97.9 Å². The van der Waals surface area contributed by atoms with Crippen molar-refractivity contribution in [2.45, 2.75) is 82.2 Å². The van der Waals surface area contributed by atoms with E-state index in [-0.39, 0.29) is 6.04 Å². The van der Waals surface area contributed by atoms with Gasteiger partial charge in [0.1, 0.15) is 6.17 Å². The molecule has 0 amide bonds. The van der Waals surface area contributed by atoms with E-state index < -0.39 is 6.17 Å². The number of benzene rings is 2.